The fourth-order valence-corrected chi connectivity index (χ4v) is 2.46. The molecule has 1 aliphatic carbocycles. The highest BCUT2D eigenvalue weighted by atomic mass is 79.9. The lowest BCUT2D eigenvalue weighted by Crippen LogP contribution is -2.39. The van der Waals surface area contributed by atoms with Crippen molar-refractivity contribution >= 4 is 27.7 Å². The normalized spacial score (nSPS) is 29.6. The summed E-state index contributed by atoms with van der Waals surface area (Å²) in [6.45, 7) is 0. The highest BCUT2D eigenvalue weighted by Gasteiger charge is 2.38. The molecule has 1 fully saturated rings. The van der Waals surface area contributed by atoms with Gasteiger partial charge in [0.25, 0.3) is 0 Å². The van der Waals surface area contributed by atoms with E-state index in [1.807, 2.05) is 0 Å². The summed E-state index contributed by atoms with van der Waals surface area (Å²) in [5, 5.41) is 6.03. The molecule has 88 valence electrons. The van der Waals surface area contributed by atoms with Crippen LogP contribution in [0.25, 0.3) is 0 Å². The minimum absolute atomic E-state index is 0.0476. The number of hydrogen-bond acceptors (Lipinski definition) is 4. The Kier molecular flexibility index (Phi) is 2.68. The number of aromatic nitrogens is 2. The van der Waals surface area contributed by atoms with Gasteiger partial charge in [0.05, 0.1) is 18.4 Å². The third-order valence-corrected chi connectivity index (χ3v) is 3.48. The van der Waals surface area contributed by atoms with Gasteiger partial charge in [-0.15, -0.1) is 0 Å². The third kappa shape index (κ3) is 2.10. The van der Waals surface area contributed by atoms with Crippen molar-refractivity contribution in [2.24, 2.45) is 5.92 Å². The van der Waals surface area contributed by atoms with Crippen molar-refractivity contribution in [1.29, 1.82) is 0 Å². The Labute approximate surface area is 107 Å². The second kappa shape index (κ2) is 4.19. The van der Waals surface area contributed by atoms with Crippen LogP contribution < -0.4 is 10.6 Å². The molecule has 0 aromatic carbocycles. The summed E-state index contributed by atoms with van der Waals surface area (Å²) in [6, 6.07) is 0.236. The van der Waals surface area contributed by atoms with Gasteiger partial charge in [-0.1, -0.05) is 12.2 Å². The molecule has 17 heavy (non-hydrogen) atoms. The predicted molar refractivity (Wildman–Crippen MR) is 66.3 cm³/mol. The Morgan fingerprint density at radius 2 is 2.35 bits per heavy atom. The van der Waals surface area contributed by atoms with Gasteiger partial charge in [0.15, 0.2) is 5.82 Å². The molecule has 0 spiro atoms. The number of fused-ring (bicyclic) bond motifs is 1. The third-order valence-electron chi connectivity index (χ3n) is 3.10. The van der Waals surface area contributed by atoms with Crippen molar-refractivity contribution in [2.45, 2.75) is 18.5 Å². The predicted octanol–water partition coefficient (Wildman–Crippen LogP) is 1.09. The van der Waals surface area contributed by atoms with Crippen LogP contribution >= 0.6 is 15.9 Å². The topological polar surface area (TPSA) is 66.9 Å². The largest absolute Gasteiger partial charge is 0.308 e. The number of nitrogens with one attached hydrogen (secondary N) is 2. The highest BCUT2D eigenvalue weighted by molar-refractivity contribution is 9.10. The summed E-state index contributed by atoms with van der Waals surface area (Å²) in [5.41, 5.74) is 0. The number of hydrogen-bond donors (Lipinski definition) is 2. The summed E-state index contributed by atoms with van der Waals surface area (Å²) < 4.78 is 0.608. The molecular weight excluding hydrogens is 284 g/mol. The molecular formula is C11H11BrN4O. The summed E-state index contributed by atoms with van der Waals surface area (Å²) in [6.07, 6.45) is 8.20. The number of rotatable bonds is 2. The van der Waals surface area contributed by atoms with Gasteiger partial charge in [0.2, 0.25) is 5.91 Å². The molecule has 1 aromatic rings. The molecule has 0 radical (unpaired) electrons. The summed E-state index contributed by atoms with van der Waals surface area (Å²) in [7, 11) is 0. The van der Waals surface area contributed by atoms with Gasteiger partial charge >= 0.3 is 0 Å². The number of amides is 1. The lowest BCUT2D eigenvalue weighted by molar-refractivity contribution is -0.117. The molecule has 2 heterocycles. The van der Waals surface area contributed by atoms with Crippen LogP contribution in [0, 0.1) is 5.92 Å². The quantitative estimate of drug-likeness (QED) is 0.802. The molecule has 1 saturated heterocycles. The van der Waals surface area contributed by atoms with E-state index >= 15 is 0 Å². The van der Waals surface area contributed by atoms with E-state index in [4.69, 9.17) is 0 Å². The van der Waals surface area contributed by atoms with Crippen molar-refractivity contribution in [3.05, 3.63) is 29.1 Å². The molecule has 3 rings (SSSR count). The molecule has 1 amide bonds. The smallest absolute Gasteiger partial charge is 0.242 e. The first-order chi connectivity index (χ1) is 8.22. The second-order valence-electron chi connectivity index (χ2n) is 4.25. The van der Waals surface area contributed by atoms with Crippen molar-refractivity contribution in [2.75, 3.05) is 5.32 Å². The Morgan fingerprint density at radius 1 is 1.47 bits per heavy atom. The average molecular weight is 295 g/mol. The van der Waals surface area contributed by atoms with E-state index in [2.05, 4.69) is 48.7 Å². The van der Waals surface area contributed by atoms with Gasteiger partial charge in [-0.3, -0.25) is 15.1 Å². The maximum Gasteiger partial charge on any atom is 0.242 e. The van der Waals surface area contributed by atoms with Gasteiger partial charge in [0, 0.05) is 6.04 Å². The number of anilines is 1. The van der Waals surface area contributed by atoms with Gasteiger partial charge in [-0.2, -0.15) is 0 Å². The van der Waals surface area contributed by atoms with Crippen LogP contribution in [-0.2, 0) is 4.79 Å². The van der Waals surface area contributed by atoms with Crippen LogP contribution in [0.4, 0.5) is 5.82 Å². The average Bonchev–Trinajstić information content (AvgIpc) is 2.55. The molecule has 6 heteroatoms. The van der Waals surface area contributed by atoms with E-state index in [9.17, 15) is 4.79 Å². The van der Waals surface area contributed by atoms with Crippen molar-refractivity contribution in [1.82, 2.24) is 15.3 Å². The molecule has 1 aliphatic heterocycles. The van der Waals surface area contributed by atoms with Crippen LogP contribution in [0.2, 0.25) is 0 Å². The van der Waals surface area contributed by atoms with E-state index in [1.54, 1.807) is 6.20 Å². The molecule has 5 nitrogen and oxygen atoms in total. The van der Waals surface area contributed by atoms with Gasteiger partial charge in [-0.25, -0.2) is 4.98 Å². The zero-order valence-electron chi connectivity index (χ0n) is 8.93. The fraction of sp³-hybridized carbons (Fsp3) is 0.364. The van der Waals surface area contributed by atoms with E-state index in [0.717, 1.165) is 6.42 Å². The molecule has 2 N–H and O–H groups in total. The Morgan fingerprint density at radius 3 is 2.94 bits per heavy atom. The number of nitrogens with zero attached hydrogens (tertiary/aromatic N) is 2. The van der Waals surface area contributed by atoms with Crippen LogP contribution in [-0.4, -0.2) is 28.0 Å². The van der Waals surface area contributed by atoms with Crippen LogP contribution in [0.3, 0.4) is 0 Å². The Hall–Kier alpha value is -1.27. The van der Waals surface area contributed by atoms with Crippen molar-refractivity contribution in [3.63, 3.8) is 0 Å². The number of halogens is 1. The maximum absolute atomic E-state index is 12.0. The monoisotopic (exact) mass is 294 g/mol. The number of carbonyl (C=O) groups excluding carboxylic acids is 1. The lowest BCUT2D eigenvalue weighted by Gasteiger charge is -2.19. The van der Waals surface area contributed by atoms with E-state index in [0.29, 0.717) is 22.4 Å². The van der Waals surface area contributed by atoms with Gasteiger partial charge < -0.3 is 5.32 Å². The zero-order valence-corrected chi connectivity index (χ0v) is 10.5. The van der Waals surface area contributed by atoms with Crippen molar-refractivity contribution in [3.8, 4) is 0 Å². The van der Waals surface area contributed by atoms with Gasteiger partial charge in [-0.05, 0) is 28.3 Å². The first-order valence-electron chi connectivity index (χ1n) is 5.45. The summed E-state index contributed by atoms with van der Waals surface area (Å²) in [4.78, 5) is 20.0. The van der Waals surface area contributed by atoms with Crippen LogP contribution in [0.1, 0.15) is 6.42 Å². The molecule has 3 atom stereocenters. The van der Waals surface area contributed by atoms with Gasteiger partial charge in [0.1, 0.15) is 4.60 Å². The van der Waals surface area contributed by atoms with Crippen LogP contribution in [0.5, 0.6) is 0 Å². The Balaban J connectivity index is 1.64. The molecule has 1 aromatic heterocycles. The van der Waals surface area contributed by atoms with E-state index in [1.165, 1.54) is 6.20 Å². The lowest BCUT2D eigenvalue weighted by atomic mass is 9.89. The highest BCUT2D eigenvalue weighted by Crippen LogP contribution is 2.30. The first-order valence-corrected chi connectivity index (χ1v) is 6.24. The number of carbonyl (C=O) groups is 1. The molecule has 0 bridgehead atoms. The van der Waals surface area contributed by atoms with E-state index in [-0.39, 0.29) is 11.9 Å². The zero-order chi connectivity index (χ0) is 11.8. The minimum atomic E-state index is -0.138. The minimum Gasteiger partial charge on any atom is -0.308 e. The SMILES string of the molecule is O=C(Nc1cncc(Br)n1)[C@@H]1C[C@H]2C=C[C@H]2N1. The fourth-order valence-electron chi connectivity index (χ4n) is 2.15. The van der Waals surface area contributed by atoms with E-state index < -0.39 is 0 Å². The molecule has 0 unspecified atom stereocenters. The Bertz CT molecular complexity index is 476. The summed E-state index contributed by atoms with van der Waals surface area (Å²) >= 11 is 3.21. The van der Waals surface area contributed by atoms with Crippen molar-refractivity contribution < 1.29 is 4.79 Å². The molecule has 2 aliphatic rings. The van der Waals surface area contributed by atoms with Crippen LogP contribution in [0.15, 0.2) is 29.1 Å². The molecule has 0 saturated carbocycles. The second-order valence-corrected chi connectivity index (χ2v) is 5.06. The maximum atomic E-state index is 12.0. The standard InChI is InChI=1S/C11H11BrN4O/c12-9-4-13-5-10(15-9)16-11(17)8-3-6-1-2-7(6)14-8/h1-2,4-8,14H,3H2,(H,15,16,17)/t6-,7-,8+/m1/s1. The first kappa shape index (κ1) is 10.9. The summed E-state index contributed by atoms with van der Waals surface area (Å²) in [5.74, 6) is 0.936.